The molecule has 29 heavy (non-hydrogen) atoms. The minimum atomic E-state index is -0.826. The number of carbonyl (C=O) groups excluding carboxylic acids is 1. The van der Waals surface area contributed by atoms with Crippen LogP contribution in [0.5, 0.6) is 0 Å². The lowest BCUT2D eigenvalue weighted by Gasteiger charge is -2.31. The Morgan fingerprint density at radius 1 is 1.41 bits per heavy atom. The molecule has 4 N–H and O–H groups in total. The number of hydrogen-bond donors (Lipinski definition) is 4. The molecular weight excluding hydrogens is 380 g/mol. The van der Waals surface area contributed by atoms with Crippen LogP contribution < -0.4 is 10.9 Å². The molecule has 1 aliphatic carbocycles. The first kappa shape index (κ1) is 19.8. The predicted octanol–water partition coefficient (Wildman–Crippen LogP) is 0.557. The molecular formula is C18H26N6O5. The van der Waals surface area contributed by atoms with E-state index in [-0.39, 0.29) is 42.2 Å². The molecule has 3 heterocycles. The first-order chi connectivity index (χ1) is 14.0. The van der Waals surface area contributed by atoms with E-state index in [1.165, 1.54) is 17.3 Å². The predicted molar refractivity (Wildman–Crippen MR) is 103 cm³/mol. The van der Waals surface area contributed by atoms with Crippen LogP contribution in [-0.2, 0) is 4.74 Å². The number of imidazole rings is 1. The van der Waals surface area contributed by atoms with Gasteiger partial charge in [-0.1, -0.05) is 19.3 Å². The van der Waals surface area contributed by atoms with Crippen LogP contribution in [0, 0.1) is 0 Å². The molecule has 11 heteroatoms. The summed E-state index contributed by atoms with van der Waals surface area (Å²) >= 11 is 0. The number of urea groups is 1. The molecule has 1 saturated carbocycles. The van der Waals surface area contributed by atoms with Crippen LogP contribution >= 0.6 is 0 Å². The second-order valence-corrected chi connectivity index (χ2v) is 7.69. The number of amides is 2. The highest BCUT2D eigenvalue weighted by Crippen LogP contribution is 2.30. The zero-order valence-electron chi connectivity index (χ0n) is 16.2. The summed E-state index contributed by atoms with van der Waals surface area (Å²) in [7, 11) is 1.75. The number of fused-ring (bicyclic) bond motifs is 1. The quantitative estimate of drug-likeness (QED) is 0.580. The number of hydrogen-bond acceptors (Lipinski definition) is 7. The van der Waals surface area contributed by atoms with Crippen molar-refractivity contribution in [1.82, 2.24) is 24.4 Å². The fraction of sp³-hybridized carbons (Fsp3) is 0.667. The second-order valence-electron chi connectivity index (χ2n) is 7.69. The third kappa shape index (κ3) is 3.85. The molecule has 2 aromatic rings. The Bertz CT molecular complexity index is 936. The van der Waals surface area contributed by atoms with E-state index in [0.29, 0.717) is 0 Å². The summed E-state index contributed by atoms with van der Waals surface area (Å²) in [6.07, 6.45) is 4.82. The molecule has 2 amide bonds. The number of aromatic amines is 1. The summed E-state index contributed by atoms with van der Waals surface area (Å²) in [5, 5.41) is 21.9. The number of nitrogens with one attached hydrogen (secondary N) is 2. The monoisotopic (exact) mass is 406 g/mol. The van der Waals surface area contributed by atoms with Crippen LogP contribution in [0.3, 0.4) is 0 Å². The van der Waals surface area contributed by atoms with Crippen LogP contribution in [0.4, 0.5) is 10.7 Å². The number of carbonyl (C=O) groups is 1. The Hall–Kier alpha value is -2.50. The van der Waals surface area contributed by atoms with Gasteiger partial charge in [0.2, 0.25) is 5.95 Å². The average molecular weight is 406 g/mol. The maximum Gasteiger partial charge on any atom is 0.324 e. The molecule has 1 saturated heterocycles. The number of rotatable bonds is 4. The number of ether oxygens (including phenoxy) is 1. The smallest absolute Gasteiger partial charge is 0.324 e. The lowest BCUT2D eigenvalue weighted by molar-refractivity contribution is -0.0432. The van der Waals surface area contributed by atoms with Crippen molar-refractivity contribution in [1.29, 1.82) is 0 Å². The molecule has 0 spiro atoms. The molecule has 0 bridgehead atoms. The molecule has 2 aromatic heterocycles. The average Bonchev–Trinajstić information content (AvgIpc) is 3.31. The Kier molecular flexibility index (Phi) is 5.52. The van der Waals surface area contributed by atoms with E-state index in [1.807, 2.05) is 0 Å². The minimum Gasteiger partial charge on any atom is -0.394 e. The van der Waals surface area contributed by atoms with Crippen molar-refractivity contribution in [2.24, 2.45) is 0 Å². The summed E-state index contributed by atoms with van der Waals surface area (Å²) in [5.74, 6) is 0.0224. The molecule has 1 aliphatic heterocycles. The summed E-state index contributed by atoms with van der Waals surface area (Å²) < 4.78 is 7.16. The summed E-state index contributed by atoms with van der Waals surface area (Å²) in [6.45, 7) is -0.312. The van der Waals surface area contributed by atoms with Gasteiger partial charge in [-0.15, -0.1) is 0 Å². The van der Waals surface area contributed by atoms with E-state index in [0.717, 1.165) is 25.7 Å². The van der Waals surface area contributed by atoms with Gasteiger partial charge in [-0.25, -0.2) is 9.78 Å². The van der Waals surface area contributed by atoms with Crippen molar-refractivity contribution in [3.05, 3.63) is 16.7 Å². The van der Waals surface area contributed by atoms with Crippen molar-refractivity contribution >= 4 is 23.1 Å². The molecule has 0 aromatic carbocycles. The molecule has 11 nitrogen and oxygen atoms in total. The van der Waals surface area contributed by atoms with Gasteiger partial charge in [0.25, 0.3) is 5.56 Å². The summed E-state index contributed by atoms with van der Waals surface area (Å²) in [4.78, 5) is 37.6. The standard InChI is InChI=1S/C18H26N6O5/c1-23(10-5-3-2-4-6-10)18(28)22-17-20-15-14(16(27)21-17)19-9-24(15)13-7-11(26)12(8-25)29-13/h9-13,25-26H,2-8H2,1H3,(H2,20,21,22,27,28)/t11-,12+,13+/m0/s1. The maximum absolute atomic E-state index is 12.6. The van der Waals surface area contributed by atoms with Crippen LogP contribution in [0.2, 0.25) is 0 Å². The number of nitrogens with zero attached hydrogens (tertiary/aromatic N) is 4. The van der Waals surface area contributed by atoms with Crippen LogP contribution in [-0.4, -0.2) is 72.6 Å². The van der Waals surface area contributed by atoms with E-state index >= 15 is 0 Å². The van der Waals surface area contributed by atoms with Crippen molar-refractivity contribution < 1.29 is 19.7 Å². The largest absolute Gasteiger partial charge is 0.394 e. The first-order valence-corrected chi connectivity index (χ1v) is 9.93. The highest BCUT2D eigenvalue weighted by Gasteiger charge is 2.35. The number of aliphatic hydroxyl groups is 2. The van der Waals surface area contributed by atoms with E-state index in [9.17, 15) is 19.8 Å². The molecule has 0 radical (unpaired) electrons. The topological polar surface area (TPSA) is 146 Å². The lowest BCUT2D eigenvalue weighted by atomic mass is 9.95. The van der Waals surface area contributed by atoms with Gasteiger partial charge in [0.15, 0.2) is 11.2 Å². The number of anilines is 1. The van der Waals surface area contributed by atoms with Crippen molar-refractivity contribution in [3.63, 3.8) is 0 Å². The molecule has 2 aliphatic rings. The summed E-state index contributed by atoms with van der Waals surface area (Å²) in [5.41, 5.74) is -0.143. The van der Waals surface area contributed by atoms with Crippen molar-refractivity contribution in [2.75, 3.05) is 19.0 Å². The Labute approximate surface area is 166 Å². The molecule has 0 unspecified atom stereocenters. The van der Waals surface area contributed by atoms with Crippen LogP contribution in [0.15, 0.2) is 11.1 Å². The highest BCUT2D eigenvalue weighted by atomic mass is 16.5. The fourth-order valence-corrected chi connectivity index (χ4v) is 4.07. The van der Waals surface area contributed by atoms with Gasteiger partial charge in [0.05, 0.1) is 19.0 Å². The van der Waals surface area contributed by atoms with E-state index in [4.69, 9.17) is 4.74 Å². The Morgan fingerprint density at radius 2 is 2.17 bits per heavy atom. The normalized spacial score (nSPS) is 25.4. The zero-order chi connectivity index (χ0) is 20.5. The SMILES string of the molecule is CN(C(=O)Nc1nc2c(ncn2[C@H]2C[C@H](O)[C@@H](CO)O2)c(=O)[nH]1)C1CCCCC1. The van der Waals surface area contributed by atoms with Gasteiger partial charge in [-0.05, 0) is 12.8 Å². The maximum atomic E-state index is 12.6. The molecule has 158 valence electrons. The molecule has 3 atom stereocenters. The minimum absolute atomic E-state index is 0.0224. The van der Waals surface area contributed by atoms with Gasteiger partial charge in [0.1, 0.15) is 12.3 Å². The highest BCUT2D eigenvalue weighted by molar-refractivity contribution is 5.88. The van der Waals surface area contributed by atoms with Gasteiger partial charge < -0.3 is 19.8 Å². The zero-order valence-corrected chi connectivity index (χ0v) is 16.2. The third-order valence-electron chi connectivity index (χ3n) is 5.79. The van der Waals surface area contributed by atoms with Gasteiger partial charge in [0, 0.05) is 19.5 Å². The Morgan fingerprint density at radius 3 is 2.86 bits per heavy atom. The summed E-state index contributed by atoms with van der Waals surface area (Å²) in [6, 6.07) is -0.160. The van der Waals surface area contributed by atoms with Gasteiger partial charge >= 0.3 is 6.03 Å². The van der Waals surface area contributed by atoms with Gasteiger partial charge in [-0.3, -0.25) is 19.7 Å². The second kappa shape index (κ2) is 8.09. The Balaban J connectivity index is 1.56. The van der Waals surface area contributed by atoms with Crippen molar-refractivity contribution in [3.8, 4) is 0 Å². The third-order valence-corrected chi connectivity index (χ3v) is 5.79. The van der Waals surface area contributed by atoms with E-state index in [2.05, 4.69) is 20.3 Å². The molecule has 2 fully saturated rings. The molecule has 4 rings (SSSR count). The number of aromatic nitrogens is 4. The lowest BCUT2D eigenvalue weighted by Crippen LogP contribution is -2.41. The van der Waals surface area contributed by atoms with E-state index < -0.39 is 24.0 Å². The first-order valence-electron chi connectivity index (χ1n) is 9.93. The van der Waals surface area contributed by atoms with Crippen molar-refractivity contribution in [2.45, 2.75) is 63.0 Å². The number of H-pyrrole nitrogens is 1. The van der Waals surface area contributed by atoms with Crippen LogP contribution in [0.1, 0.15) is 44.8 Å². The van der Waals surface area contributed by atoms with E-state index in [1.54, 1.807) is 11.9 Å². The number of aliphatic hydroxyl groups excluding tert-OH is 2. The fourth-order valence-electron chi connectivity index (χ4n) is 4.07. The van der Waals surface area contributed by atoms with Gasteiger partial charge in [-0.2, -0.15) is 4.98 Å². The van der Waals surface area contributed by atoms with Crippen LogP contribution in [0.25, 0.3) is 11.2 Å².